The Labute approximate surface area is 221 Å². The van der Waals surface area contributed by atoms with E-state index >= 15 is 8.78 Å². The maximum absolute atomic E-state index is 17.4. The number of rotatable bonds is 3. The van der Waals surface area contributed by atoms with E-state index in [1.54, 1.807) is 6.92 Å². The lowest BCUT2D eigenvalue weighted by molar-refractivity contribution is -0.232. The van der Waals surface area contributed by atoms with Crippen molar-refractivity contribution in [3.05, 3.63) is 45.7 Å². The van der Waals surface area contributed by atoms with Gasteiger partial charge in [0.25, 0.3) is 0 Å². The molecule has 0 aromatic carbocycles. The van der Waals surface area contributed by atoms with E-state index in [1.165, 1.54) is 30.4 Å². The molecule has 37 heavy (non-hydrogen) atoms. The first kappa shape index (κ1) is 25.8. The van der Waals surface area contributed by atoms with Crippen LogP contribution in [0.1, 0.15) is 49.8 Å². The van der Waals surface area contributed by atoms with Crippen LogP contribution in [-0.4, -0.2) is 51.7 Å². The summed E-state index contributed by atoms with van der Waals surface area (Å²) in [5.74, 6) is -1.97. The van der Waals surface area contributed by atoms with E-state index in [0.717, 1.165) is 16.5 Å². The van der Waals surface area contributed by atoms with E-state index in [4.69, 9.17) is 9.47 Å². The van der Waals surface area contributed by atoms with Crippen molar-refractivity contribution in [2.24, 2.45) is 22.7 Å². The van der Waals surface area contributed by atoms with Crippen molar-refractivity contribution < 1.29 is 37.3 Å². The summed E-state index contributed by atoms with van der Waals surface area (Å²) in [5, 5.41) is 12.9. The second-order valence-corrected chi connectivity index (χ2v) is 13.2. The first-order valence-corrected chi connectivity index (χ1v) is 14.4. The smallest absolute Gasteiger partial charge is 0.226 e. The van der Waals surface area contributed by atoms with Crippen LogP contribution in [0, 0.1) is 29.6 Å². The highest BCUT2D eigenvalue weighted by atomic mass is 32.2. The van der Waals surface area contributed by atoms with E-state index < -0.39 is 75.5 Å². The normalized spacial score (nSPS) is 48.2. The maximum Gasteiger partial charge on any atom is 0.226 e. The molecule has 0 spiro atoms. The SMILES string of the molecule is Cc1ccsc1C1O[C@@H]2C[C@H]3[C@@H]4C[C@H](F)C5=CC(=O)C=C[C@]5(C)[C@@]4(F)[C@@H](O)C[C@]3(C)[C@]2(C(=O)SCF)O1. The van der Waals surface area contributed by atoms with Gasteiger partial charge in [0.2, 0.25) is 5.12 Å². The summed E-state index contributed by atoms with van der Waals surface area (Å²) in [6.45, 7) is 5.21. The maximum atomic E-state index is 17.4. The molecule has 1 aliphatic heterocycles. The zero-order valence-electron chi connectivity index (χ0n) is 20.7. The number of aliphatic hydroxyl groups excluding tert-OH is 1. The molecule has 1 aromatic heterocycles. The number of allylic oxidation sites excluding steroid dienone is 4. The third-order valence-electron chi connectivity index (χ3n) is 9.97. The largest absolute Gasteiger partial charge is 0.390 e. The Kier molecular flexibility index (Phi) is 5.77. The van der Waals surface area contributed by atoms with Crippen molar-refractivity contribution in [3.63, 3.8) is 0 Å². The van der Waals surface area contributed by atoms with Crippen LogP contribution in [0.4, 0.5) is 13.2 Å². The van der Waals surface area contributed by atoms with Gasteiger partial charge in [-0.25, -0.2) is 13.2 Å². The molecule has 3 saturated carbocycles. The molecule has 0 radical (unpaired) electrons. The van der Waals surface area contributed by atoms with Crippen LogP contribution in [0.15, 0.2) is 35.2 Å². The van der Waals surface area contributed by atoms with Gasteiger partial charge >= 0.3 is 0 Å². The lowest BCUT2D eigenvalue weighted by Crippen LogP contribution is -2.70. The summed E-state index contributed by atoms with van der Waals surface area (Å²) in [7, 11) is 0. The summed E-state index contributed by atoms with van der Waals surface area (Å²) in [4.78, 5) is 26.5. The second kappa shape index (κ2) is 8.27. The average molecular weight is 555 g/mol. The molecule has 4 fully saturated rings. The van der Waals surface area contributed by atoms with Gasteiger partial charge in [-0.15, -0.1) is 11.3 Å². The molecule has 1 N–H and O–H groups in total. The summed E-state index contributed by atoms with van der Waals surface area (Å²) in [5.41, 5.74) is -5.59. The first-order valence-electron chi connectivity index (χ1n) is 12.5. The molecule has 1 saturated heterocycles. The Morgan fingerprint density at radius 2 is 2.05 bits per heavy atom. The molecular formula is C27H29F3O5S2. The van der Waals surface area contributed by atoms with Crippen LogP contribution >= 0.6 is 23.1 Å². The zero-order valence-corrected chi connectivity index (χ0v) is 22.3. The summed E-state index contributed by atoms with van der Waals surface area (Å²) in [6, 6.07) is 0.951. The number of thiophene rings is 1. The standard InChI is InChI=1S/C27H29F3O5S2/c1-13-5-7-36-21(13)22-34-20-10-15-16-9-18(29)17-8-14(31)4-6-24(17,2)26(16,30)19(32)11-25(15,3)27(20,35-22)23(33)37-12-28/h4-8,15-16,18-20,22,32H,9-12H2,1-3H3/t15-,16-,18-,19-,20+,22?,24-,25-,26-,27-/m0/s1. The number of ether oxygens (including phenoxy) is 2. The number of hydrogen-bond donors (Lipinski definition) is 1. The number of halogens is 3. The molecule has 5 nitrogen and oxygen atoms in total. The summed E-state index contributed by atoms with van der Waals surface area (Å²) < 4.78 is 59.4. The monoisotopic (exact) mass is 554 g/mol. The average Bonchev–Trinajstić information content (AvgIpc) is 3.50. The van der Waals surface area contributed by atoms with Gasteiger partial charge < -0.3 is 14.6 Å². The van der Waals surface area contributed by atoms with Crippen molar-refractivity contribution in [2.45, 2.75) is 76.0 Å². The van der Waals surface area contributed by atoms with Gasteiger partial charge in [0.15, 0.2) is 23.3 Å². The quantitative estimate of drug-likeness (QED) is 0.545. The number of alkyl halides is 3. The highest BCUT2D eigenvalue weighted by molar-refractivity contribution is 8.13. The molecule has 6 rings (SSSR count). The van der Waals surface area contributed by atoms with E-state index in [9.17, 15) is 19.1 Å². The number of thioether (sulfide) groups is 1. The van der Waals surface area contributed by atoms with Crippen LogP contribution in [0.2, 0.25) is 0 Å². The van der Waals surface area contributed by atoms with Crippen LogP contribution in [-0.2, 0) is 19.1 Å². The van der Waals surface area contributed by atoms with Crippen LogP contribution in [0.5, 0.6) is 0 Å². The van der Waals surface area contributed by atoms with Crippen LogP contribution in [0.25, 0.3) is 0 Å². The second-order valence-electron chi connectivity index (χ2n) is 11.4. The number of hydrogen-bond acceptors (Lipinski definition) is 7. The third kappa shape index (κ3) is 3.05. The number of ketones is 1. The lowest BCUT2D eigenvalue weighted by Gasteiger charge is -2.63. The van der Waals surface area contributed by atoms with Crippen molar-refractivity contribution in [2.75, 3.05) is 6.01 Å². The Hall–Kier alpha value is -1.46. The molecule has 0 bridgehead atoms. The van der Waals surface area contributed by atoms with E-state index in [2.05, 4.69) is 0 Å². The minimum absolute atomic E-state index is 0.0408. The third-order valence-corrected chi connectivity index (χ3v) is 11.7. The Morgan fingerprint density at radius 1 is 1.30 bits per heavy atom. The van der Waals surface area contributed by atoms with E-state index in [0.29, 0.717) is 11.8 Å². The predicted molar refractivity (Wildman–Crippen MR) is 133 cm³/mol. The molecule has 1 aromatic rings. The number of aryl methyl sites for hydroxylation is 1. The fourth-order valence-electron chi connectivity index (χ4n) is 8.20. The predicted octanol–water partition coefficient (Wildman–Crippen LogP) is 5.32. The van der Waals surface area contributed by atoms with Gasteiger partial charge in [-0.2, -0.15) is 0 Å². The molecular weight excluding hydrogens is 525 g/mol. The lowest BCUT2D eigenvalue weighted by atomic mass is 9.44. The molecule has 1 unspecified atom stereocenters. The number of carbonyl (C=O) groups excluding carboxylic acids is 2. The molecule has 10 atom stereocenters. The number of fused-ring (bicyclic) bond motifs is 7. The van der Waals surface area contributed by atoms with Crippen LogP contribution < -0.4 is 0 Å². The number of aliphatic hydroxyl groups is 1. The Morgan fingerprint density at radius 3 is 2.73 bits per heavy atom. The van der Waals surface area contributed by atoms with Gasteiger partial charge in [0.05, 0.1) is 17.1 Å². The minimum atomic E-state index is -2.28. The van der Waals surface area contributed by atoms with Crippen molar-refractivity contribution in [3.8, 4) is 0 Å². The van der Waals surface area contributed by atoms with Crippen molar-refractivity contribution >= 4 is 34.0 Å². The zero-order chi connectivity index (χ0) is 26.5. The molecule has 0 amide bonds. The molecule has 2 heterocycles. The number of carbonyl (C=O) groups is 2. The topological polar surface area (TPSA) is 72.8 Å². The highest BCUT2D eigenvalue weighted by Crippen LogP contribution is 2.73. The molecule has 5 aliphatic rings. The molecule has 200 valence electrons. The fraction of sp³-hybridized carbons (Fsp3) is 0.630. The highest BCUT2D eigenvalue weighted by Gasteiger charge is 2.80. The van der Waals surface area contributed by atoms with Gasteiger partial charge in [-0.3, -0.25) is 9.59 Å². The summed E-state index contributed by atoms with van der Waals surface area (Å²) in [6.07, 6.45) is -1.24. The van der Waals surface area contributed by atoms with Gasteiger partial charge in [-0.05, 0) is 73.8 Å². The van der Waals surface area contributed by atoms with Gasteiger partial charge in [0, 0.05) is 16.7 Å². The van der Waals surface area contributed by atoms with E-state index in [-0.39, 0.29) is 24.8 Å². The fourth-order valence-corrected chi connectivity index (χ4v) is 9.81. The van der Waals surface area contributed by atoms with Gasteiger partial charge in [-0.1, -0.05) is 24.8 Å². The Balaban J connectivity index is 1.46. The molecule has 10 heteroatoms. The molecule has 4 aliphatic carbocycles. The van der Waals surface area contributed by atoms with E-state index in [1.807, 2.05) is 18.4 Å². The first-order chi connectivity index (χ1) is 17.4. The summed E-state index contributed by atoms with van der Waals surface area (Å²) >= 11 is 1.91. The van der Waals surface area contributed by atoms with Crippen LogP contribution in [0.3, 0.4) is 0 Å². The van der Waals surface area contributed by atoms with Crippen molar-refractivity contribution in [1.29, 1.82) is 0 Å². The van der Waals surface area contributed by atoms with Gasteiger partial charge in [0.1, 0.15) is 12.2 Å². The minimum Gasteiger partial charge on any atom is -0.390 e. The van der Waals surface area contributed by atoms with Crippen molar-refractivity contribution in [1.82, 2.24) is 0 Å². The Bertz CT molecular complexity index is 1230.